The summed E-state index contributed by atoms with van der Waals surface area (Å²) < 4.78 is 31.9. The van der Waals surface area contributed by atoms with Crippen LogP contribution in [-0.2, 0) is 14.8 Å². The smallest absolute Gasteiger partial charge is 0.414 e. The van der Waals surface area contributed by atoms with Crippen molar-refractivity contribution in [1.29, 1.82) is 0 Å². The molecule has 0 spiro atoms. The van der Waals surface area contributed by atoms with Gasteiger partial charge in [0, 0.05) is 16.4 Å². The molecule has 0 aromatic heterocycles. The molecule has 1 saturated heterocycles. The number of carbonyl (C=O) groups excluding carboxylic acids is 1. The number of amides is 1. The summed E-state index contributed by atoms with van der Waals surface area (Å²) in [4.78, 5) is 13.1. The molecule has 0 saturated carbocycles. The summed E-state index contributed by atoms with van der Waals surface area (Å²) in [5, 5.41) is 0.464. The van der Waals surface area contributed by atoms with E-state index in [1.165, 1.54) is 29.2 Å². The first kappa shape index (κ1) is 15.6. The van der Waals surface area contributed by atoms with Gasteiger partial charge in [-0.25, -0.2) is 13.2 Å². The number of hydrogen-bond acceptors (Lipinski definition) is 4. The fraction of sp³-hybridized carbons (Fsp3) is 0.133. The van der Waals surface area contributed by atoms with Gasteiger partial charge in [0.1, 0.15) is 6.61 Å². The second-order valence-corrected chi connectivity index (χ2v) is 6.99. The van der Waals surface area contributed by atoms with Crippen molar-refractivity contribution in [3.8, 4) is 0 Å². The van der Waals surface area contributed by atoms with E-state index in [-0.39, 0.29) is 4.90 Å². The van der Waals surface area contributed by atoms with E-state index in [0.717, 1.165) is 0 Å². The summed E-state index contributed by atoms with van der Waals surface area (Å²) >= 11 is 5.76. The lowest BCUT2D eigenvalue weighted by Crippen LogP contribution is -2.23. The molecule has 2 aromatic rings. The van der Waals surface area contributed by atoms with Gasteiger partial charge in [-0.2, -0.15) is 0 Å². The zero-order chi connectivity index (χ0) is 16.4. The Balaban J connectivity index is 1.77. The number of halogens is 1. The predicted molar refractivity (Wildman–Crippen MR) is 87.4 cm³/mol. The van der Waals surface area contributed by atoms with Crippen LogP contribution in [0.1, 0.15) is 0 Å². The molecule has 1 fully saturated rings. The van der Waals surface area contributed by atoms with E-state index in [2.05, 4.69) is 4.72 Å². The largest absolute Gasteiger partial charge is 0.447 e. The highest BCUT2D eigenvalue weighted by atomic mass is 35.5. The molecule has 0 atom stereocenters. The van der Waals surface area contributed by atoms with Crippen LogP contribution in [0.5, 0.6) is 0 Å². The Labute approximate surface area is 138 Å². The summed E-state index contributed by atoms with van der Waals surface area (Å²) in [6, 6.07) is 12.4. The third kappa shape index (κ3) is 3.40. The number of carbonyl (C=O) groups is 1. The molecule has 8 heteroatoms. The van der Waals surface area contributed by atoms with Crippen LogP contribution in [0.25, 0.3) is 0 Å². The van der Waals surface area contributed by atoms with Crippen molar-refractivity contribution in [2.75, 3.05) is 22.8 Å². The molecule has 2 aromatic carbocycles. The number of sulfonamides is 1. The Kier molecular flexibility index (Phi) is 4.14. The highest BCUT2D eigenvalue weighted by Crippen LogP contribution is 2.23. The van der Waals surface area contributed by atoms with Crippen LogP contribution in [0.3, 0.4) is 0 Å². The van der Waals surface area contributed by atoms with Crippen LogP contribution < -0.4 is 9.62 Å². The van der Waals surface area contributed by atoms with Crippen molar-refractivity contribution in [2.45, 2.75) is 4.90 Å². The Hall–Kier alpha value is -2.25. The van der Waals surface area contributed by atoms with E-state index in [1.54, 1.807) is 24.3 Å². The monoisotopic (exact) mass is 352 g/mol. The maximum Gasteiger partial charge on any atom is 0.414 e. The molecule has 3 rings (SSSR count). The molecule has 0 bridgehead atoms. The number of rotatable bonds is 4. The maximum atomic E-state index is 12.3. The molecule has 6 nitrogen and oxygen atoms in total. The maximum absolute atomic E-state index is 12.3. The third-order valence-electron chi connectivity index (χ3n) is 3.32. The van der Waals surface area contributed by atoms with Crippen LogP contribution >= 0.6 is 11.6 Å². The first-order valence-electron chi connectivity index (χ1n) is 6.78. The van der Waals surface area contributed by atoms with Crippen LogP contribution in [0.15, 0.2) is 53.4 Å². The zero-order valence-corrected chi connectivity index (χ0v) is 13.5. The Morgan fingerprint density at radius 3 is 2.26 bits per heavy atom. The fourth-order valence-corrected chi connectivity index (χ4v) is 3.35. The van der Waals surface area contributed by atoms with Gasteiger partial charge in [-0.15, -0.1) is 0 Å². The molecular formula is C15H13ClN2O4S. The van der Waals surface area contributed by atoms with Crippen molar-refractivity contribution in [3.63, 3.8) is 0 Å². The SMILES string of the molecule is O=C1OCCN1c1ccc(NS(=O)(=O)c2ccc(Cl)cc2)cc1. The number of cyclic esters (lactones) is 1. The van der Waals surface area contributed by atoms with Crippen molar-refractivity contribution in [1.82, 2.24) is 0 Å². The molecule has 0 aliphatic carbocycles. The van der Waals surface area contributed by atoms with Gasteiger partial charge in [0.2, 0.25) is 0 Å². The van der Waals surface area contributed by atoms with Gasteiger partial charge >= 0.3 is 6.09 Å². The molecule has 0 radical (unpaired) electrons. The van der Waals surface area contributed by atoms with Gasteiger partial charge in [0.25, 0.3) is 10.0 Å². The fourth-order valence-electron chi connectivity index (χ4n) is 2.17. The number of nitrogens with zero attached hydrogens (tertiary/aromatic N) is 1. The molecule has 1 heterocycles. The van der Waals surface area contributed by atoms with Crippen molar-refractivity contribution >= 4 is 39.1 Å². The lowest BCUT2D eigenvalue weighted by molar-refractivity contribution is 0.181. The van der Waals surface area contributed by atoms with Crippen molar-refractivity contribution < 1.29 is 17.9 Å². The number of ether oxygens (including phenoxy) is 1. The first-order valence-corrected chi connectivity index (χ1v) is 8.64. The van der Waals surface area contributed by atoms with Gasteiger partial charge in [-0.05, 0) is 48.5 Å². The number of benzene rings is 2. The number of hydrogen-bond donors (Lipinski definition) is 1. The second kappa shape index (κ2) is 6.10. The Morgan fingerprint density at radius 1 is 1.04 bits per heavy atom. The highest BCUT2D eigenvalue weighted by molar-refractivity contribution is 7.92. The predicted octanol–water partition coefficient (Wildman–Crippen LogP) is 3.10. The van der Waals surface area contributed by atoms with Gasteiger partial charge in [-0.1, -0.05) is 11.6 Å². The molecule has 1 amide bonds. The average molecular weight is 353 g/mol. The quantitative estimate of drug-likeness (QED) is 0.917. The van der Waals surface area contributed by atoms with Crippen molar-refractivity contribution in [2.24, 2.45) is 0 Å². The average Bonchev–Trinajstić information content (AvgIpc) is 2.94. The minimum atomic E-state index is -3.69. The lowest BCUT2D eigenvalue weighted by Gasteiger charge is -2.14. The minimum Gasteiger partial charge on any atom is -0.447 e. The lowest BCUT2D eigenvalue weighted by atomic mass is 10.2. The van der Waals surface area contributed by atoms with Crippen LogP contribution in [-0.4, -0.2) is 27.7 Å². The molecule has 23 heavy (non-hydrogen) atoms. The first-order chi connectivity index (χ1) is 11.0. The molecule has 1 N–H and O–H groups in total. The molecule has 1 aliphatic rings. The Bertz CT molecular complexity index is 820. The van der Waals surface area contributed by atoms with E-state index in [9.17, 15) is 13.2 Å². The van der Waals surface area contributed by atoms with Crippen LogP contribution in [0.4, 0.5) is 16.2 Å². The second-order valence-electron chi connectivity index (χ2n) is 4.87. The molecular weight excluding hydrogens is 340 g/mol. The zero-order valence-electron chi connectivity index (χ0n) is 11.9. The molecule has 120 valence electrons. The summed E-state index contributed by atoms with van der Waals surface area (Å²) in [6.45, 7) is 0.832. The van der Waals surface area contributed by atoms with E-state index in [1.807, 2.05) is 0 Å². The number of nitrogens with one attached hydrogen (secondary N) is 1. The van der Waals surface area contributed by atoms with E-state index in [0.29, 0.717) is 29.5 Å². The summed E-state index contributed by atoms with van der Waals surface area (Å²) in [7, 11) is -3.69. The number of anilines is 2. The van der Waals surface area contributed by atoms with Crippen molar-refractivity contribution in [3.05, 3.63) is 53.6 Å². The van der Waals surface area contributed by atoms with E-state index >= 15 is 0 Å². The van der Waals surface area contributed by atoms with Crippen LogP contribution in [0.2, 0.25) is 5.02 Å². The van der Waals surface area contributed by atoms with Gasteiger partial charge in [0.15, 0.2) is 0 Å². The van der Waals surface area contributed by atoms with Gasteiger partial charge in [0.05, 0.1) is 11.4 Å². The molecule has 0 unspecified atom stereocenters. The van der Waals surface area contributed by atoms with Gasteiger partial charge in [-0.3, -0.25) is 9.62 Å². The topological polar surface area (TPSA) is 75.7 Å². The summed E-state index contributed by atoms with van der Waals surface area (Å²) in [6.07, 6.45) is -0.403. The third-order valence-corrected chi connectivity index (χ3v) is 4.97. The van der Waals surface area contributed by atoms with Crippen LogP contribution in [0, 0.1) is 0 Å². The molecule has 1 aliphatic heterocycles. The standard InChI is InChI=1S/C15H13ClN2O4S/c16-11-1-7-14(8-2-11)23(20,21)17-12-3-5-13(6-4-12)18-9-10-22-15(18)19/h1-8,17H,9-10H2. The van der Waals surface area contributed by atoms with E-state index in [4.69, 9.17) is 16.3 Å². The van der Waals surface area contributed by atoms with Gasteiger partial charge < -0.3 is 4.74 Å². The minimum absolute atomic E-state index is 0.120. The normalized spacial score (nSPS) is 14.7. The highest BCUT2D eigenvalue weighted by Gasteiger charge is 2.23. The summed E-state index contributed by atoms with van der Waals surface area (Å²) in [5.41, 5.74) is 1.05. The summed E-state index contributed by atoms with van der Waals surface area (Å²) in [5.74, 6) is 0. The van der Waals surface area contributed by atoms with E-state index < -0.39 is 16.1 Å². The Morgan fingerprint density at radius 2 is 1.70 bits per heavy atom.